The highest BCUT2D eigenvalue weighted by Gasteiger charge is 2.25. The fraction of sp³-hybridized carbons (Fsp3) is 0.455. The van der Waals surface area contributed by atoms with Gasteiger partial charge in [-0.2, -0.15) is 8.42 Å². The molecular weight excluding hydrogens is 293 g/mol. The highest BCUT2D eigenvalue weighted by molar-refractivity contribution is 7.89. The zero-order valence-electron chi connectivity index (χ0n) is 10.8. The second-order valence-corrected chi connectivity index (χ2v) is 7.79. The smallest absolute Gasteiger partial charge is 0.207 e. The fourth-order valence-electron chi connectivity index (χ4n) is 1.29. The highest BCUT2D eigenvalue weighted by Crippen LogP contribution is 2.19. The summed E-state index contributed by atoms with van der Waals surface area (Å²) >= 11 is 0. The molecule has 1 N–H and O–H groups in total. The summed E-state index contributed by atoms with van der Waals surface area (Å²) in [4.78, 5) is -0.961. The Labute approximate surface area is 113 Å². The van der Waals surface area contributed by atoms with Crippen LogP contribution in [-0.2, 0) is 20.2 Å². The molecule has 0 heterocycles. The van der Waals surface area contributed by atoms with Gasteiger partial charge in [0, 0.05) is 5.54 Å². The first-order valence-electron chi connectivity index (χ1n) is 5.57. The van der Waals surface area contributed by atoms with E-state index in [-0.39, 0.29) is 4.90 Å². The summed E-state index contributed by atoms with van der Waals surface area (Å²) in [6, 6.07) is 4.19. The van der Waals surface area contributed by atoms with Gasteiger partial charge in [-0.25, -0.2) is 13.1 Å². The minimum atomic E-state index is -4.93. The number of halogens is 1. The number of nitrogens with one attached hydrogen (secondary N) is 1. The molecule has 0 aromatic heterocycles. The van der Waals surface area contributed by atoms with Crippen molar-refractivity contribution < 1.29 is 20.7 Å². The van der Waals surface area contributed by atoms with Crippen molar-refractivity contribution in [3.8, 4) is 0 Å². The normalized spacial score (nSPS) is 13.5. The maximum absolute atomic E-state index is 12.9. The van der Waals surface area contributed by atoms with Crippen LogP contribution in [0.2, 0.25) is 0 Å². The van der Waals surface area contributed by atoms with Crippen LogP contribution in [0, 0.1) is 0 Å². The lowest BCUT2D eigenvalue weighted by Gasteiger charge is -2.24. The molecular formula is C11H16FNO4S2. The van der Waals surface area contributed by atoms with Gasteiger partial charge in [0.2, 0.25) is 10.0 Å². The van der Waals surface area contributed by atoms with Crippen LogP contribution in [0.25, 0.3) is 0 Å². The third-order valence-corrected chi connectivity index (χ3v) is 5.20. The third-order valence-electron chi connectivity index (χ3n) is 2.69. The molecule has 0 amide bonds. The van der Waals surface area contributed by atoms with Crippen molar-refractivity contribution in [3.63, 3.8) is 0 Å². The maximum atomic E-state index is 12.9. The van der Waals surface area contributed by atoms with Gasteiger partial charge in [0.25, 0.3) is 0 Å². The van der Waals surface area contributed by atoms with E-state index in [0.29, 0.717) is 6.42 Å². The second kappa shape index (κ2) is 5.18. The largest absolute Gasteiger partial charge is 0.332 e. The molecule has 1 aromatic rings. The molecule has 0 aliphatic carbocycles. The number of rotatable bonds is 5. The van der Waals surface area contributed by atoms with Crippen LogP contribution < -0.4 is 4.72 Å². The van der Waals surface area contributed by atoms with Gasteiger partial charge in [0.05, 0.1) is 9.79 Å². The van der Waals surface area contributed by atoms with Gasteiger partial charge in [-0.15, -0.1) is 3.89 Å². The van der Waals surface area contributed by atoms with Crippen molar-refractivity contribution >= 4 is 20.2 Å². The first-order valence-corrected chi connectivity index (χ1v) is 8.43. The zero-order valence-corrected chi connectivity index (χ0v) is 12.5. The van der Waals surface area contributed by atoms with Gasteiger partial charge in [-0.05, 0) is 38.5 Å². The Kier molecular flexibility index (Phi) is 4.38. The van der Waals surface area contributed by atoms with Gasteiger partial charge in [-0.1, -0.05) is 13.0 Å². The Morgan fingerprint density at radius 1 is 1.16 bits per heavy atom. The topological polar surface area (TPSA) is 80.3 Å². The van der Waals surface area contributed by atoms with E-state index in [1.54, 1.807) is 13.8 Å². The molecule has 0 unspecified atom stereocenters. The Bertz CT molecular complexity index is 666. The molecule has 0 saturated heterocycles. The van der Waals surface area contributed by atoms with E-state index < -0.39 is 30.7 Å². The summed E-state index contributed by atoms with van der Waals surface area (Å²) in [6.07, 6.45) is 0.549. The van der Waals surface area contributed by atoms with Gasteiger partial charge < -0.3 is 0 Å². The molecule has 5 nitrogen and oxygen atoms in total. The highest BCUT2D eigenvalue weighted by atomic mass is 32.3. The molecule has 1 rings (SSSR count). The van der Waals surface area contributed by atoms with Crippen molar-refractivity contribution in [2.75, 3.05) is 0 Å². The minimum Gasteiger partial charge on any atom is -0.207 e. The predicted molar refractivity (Wildman–Crippen MR) is 69.4 cm³/mol. The molecule has 0 aliphatic rings. The molecule has 0 atom stereocenters. The second-order valence-electron chi connectivity index (χ2n) is 4.76. The summed E-state index contributed by atoms with van der Waals surface area (Å²) in [7, 11) is -8.82. The van der Waals surface area contributed by atoms with Gasteiger partial charge in [-0.3, -0.25) is 0 Å². The minimum absolute atomic E-state index is 0.284. The quantitative estimate of drug-likeness (QED) is 0.841. The van der Waals surface area contributed by atoms with Crippen molar-refractivity contribution in [2.45, 2.75) is 42.5 Å². The Morgan fingerprint density at radius 3 is 2.16 bits per heavy atom. The summed E-state index contributed by atoms with van der Waals surface area (Å²) < 4.78 is 60.9. The van der Waals surface area contributed by atoms with Crippen LogP contribution in [0.1, 0.15) is 27.2 Å². The number of sulfonamides is 1. The fourth-order valence-corrected chi connectivity index (χ4v) is 3.40. The summed E-state index contributed by atoms with van der Waals surface area (Å²) in [6.45, 7) is 5.20. The number of hydrogen-bond donors (Lipinski definition) is 1. The third kappa shape index (κ3) is 4.26. The lowest BCUT2D eigenvalue weighted by atomic mass is 10.0. The van der Waals surface area contributed by atoms with Crippen molar-refractivity contribution in [2.24, 2.45) is 0 Å². The van der Waals surface area contributed by atoms with Crippen LogP contribution in [0.5, 0.6) is 0 Å². The van der Waals surface area contributed by atoms with E-state index in [2.05, 4.69) is 4.72 Å². The van der Waals surface area contributed by atoms with E-state index in [9.17, 15) is 20.7 Å². The van der Waals surface area contributed by atoms with Crippen molar-refractivity contribution in [1.82, 2.24) is 4.72 Å². The molecule has 0 aliphatic heterocycles. The van der Waals surface area contributed by atoms with Crippen molar-refractivity contribution in [1.29, 1.82) is 0 Å². The summed E-state index contributed by atoms with van der Waals surface area (Å²) in [5.74, 6) is 0. The monoisotopic (exact) mass is 309 g/mol. The zero-order chi connectivity index (χ0) is 14.9. The molecule has 0 saturated carbocycles. The van der Waals surface area contributed by atoms with E-state index in [1.807, 2.05) is 6.92 Å². The first kappa shape index (κ1) is 16.1. The summed E-state index contributed by atoms with van der Waals surface area (Å²) in [5, 5.41) is 0. The first-order chi connectivity index (χ1) is 8.48. The van der Waals surface area contributed by atoms with E-state index in [1.165, 1.54) is 12.1 Å². The molecule has 1 aromatic carbocycles. The lowest BCUT2D eigenvalue weighted by molar-refractivity contribution is 0.439. The molecule has 0 radical (unpaired) electrons. The lowest BCUT2D eigenvalue weighted by Crippen LogP contribution is -2.42. The van der Waals surface area contributed by atoms with E-state index in [0.717, 1.165) is 12.1 Å². The molecule has 0 bridgehead atoms. The van der Waals surface area contributed by atoms with Crippen LogP contribution in [0.3, 0.4) is 0 Å². The molecule has 0 spiro atoms. The standard InChI is InChI=1S/C11H16FNO4S2/c1-4-11(2,3)13-19(16,17)10-7-5-6-9(8-10)18(12,14)15/h5-8,13H,4H2,1-3H3. The molecule has 0 fully saturated rings. The molecule has 8 heteroatoms. The van der Waals surface area contributed by atoms with Crippen molar-refractivity contribution in [3.05, 3.63) is 24.3 Å². The Balaban J connectivity index is 3.24. The van der Waals surface area contributed by atoms with E-state index >= 15 is 0 Å². The number of benzene rings is 1. The Morgan fingerprint density at radius 2 is 1.68 bits per heavy atom. The maximum Gasteiger partial charge on any atom is 0.332 e. The van der Waals surface area contributed by atoms with Crippen LogP contribution >= 0.6 is 0 Å². The number of hydrogen-bond acceptors (Lipinski definition) is 4. The van der Waals surface area contributed by atoms with Gasteiger partial charge >= 0.3 is 10.2 Å². The van der Waals surface area contributed by atoms with Gasteiger partial charge in [0.15, 0.2) is 0 Å². The van der Waals surface area contributed by atoms with Gasteiger partial charge in [0.1, 0.15) is 0 Å². The Hall–Kier alpha value is -0.990. The van der Waals surface area contributed by atoms with Crippen LogP contribution in [0.15, 0.2) is 34.1 Å². The molecule has 108 valence electrons. The SMILES string of the molecule is CCC(C)(C)NS(=O)(=O)c1cccc(S(=O)(=O)F)c1. The van der Waals surface area contributed by atoms with Crippen LogP contribution in [0.4, 0.5) is 3.89 Å². The van der Waals surface area contributed by atoms with Crippen LogP contribution in [-0.4, -0.2) is 22.4 Å². The molecule has 19 heavy (non-hydrogen) atoms. The predicted octanol–water partition coefficient (Wildman–Crippen LogP) is 1.81. The average Bonchev–Trinajstić information content (AvgIpc) is 2.27. The average molecular weight is 309 g/mol. The summed E-state index contributed by atoms with van der Waals surface area (Å²) in [5.41, 5.74) is -0.677. The van der Waals surface area contributed by atoms with E-state index in [4.69, 9.17) is 0 Å².